The molecule has 1 heterocycles. The Morgan fingerprint density at radius 3 is 2.76 bits per heavy atom. The summed E-state index contributed by atoms with van der Waals surface area (Å²) in [6, 6.07) is 3.76. The number of benzene rings is 1. The molecular formula is C11H9NO5. The number of carbonyl (C=O) groups is 1. The van der Waals surface area contributed by atoms with Gasteiger partial charge in [0.2, 0.25) is 0 Å². The normalized spacial score (nSPS) is 22.1. The minimum absolute atomic E-state index is 0.0403. The van der Waals surface area contributed by atoms with Gasteiger partial charge in [0.15, 0.2) is 0 Å². The van der Waals surface area contributed by atoms with Gasteiger partial charge in [-0.1, -0.05) is 6.58 Å². The fraction of sp³-hybridized carbons (Fsp3) is 0.182. The van der Waals surface area contributed by atoms with E-state index in [1.54, 1.807) is 0 Å². The molecular weight excluding hydrogens is 226 g/mol. The van der Waals surface area contributed by atoms with Crippen molar-refractivity contribution in [2.75, 3.05) is 0 Å². The Bertz CT molecular complexity index is 525. The molecule has 0 radical (unpaired) electrons. The van der Waals surface area contributed by atoms with Gasteiger partial charge in [0.05, 0.1) is 4.92 Å². The summed E-state index contributed by atoms with van der Waals surface area (Å²) in [7, 11) is 0. The molecule has 0 aromatic heterocycles. The molecule has 0 fully saturated rings. The minimum atomic E-state index is -1.24. The number of nitrogens with zero attached hydrogens (tertiary/aromatic N) is 1. The molecule has 1 aromatic rings. The highest BCUT2D eigenvalue weighted by molar-refractivity contribution is 5.94. The number of cyclic esters (lactones) is 1. The van der Waals surface area contributed by atoms with Gasteiger partial charge in [-0.25, -0.2) is 4.79 Å². The van der Waals surface area contributed by atoms with E-state index in [9.17, 15) is 14.9 Å². The van der Waals surface area contributed by atoms with Crippen molar-refractivity contribution in [2.24, 2.45) is 0 Å². The summed E-state index contributed by atoms with van der Waals surface area (Å²) in [5, 5.41) is 10.6. The van der Waals surface area contributed by atoms with Gasteiger partial charge in [0.1, 0.15) is 11.3 Å². The van der Waals surface area contributed by atoms with Crippen LogP contribution in [0.25, 0.3) is 0 Å². The van der Waals surface area contributed by atoms with Crippen LogP contribution in [0.1, 0.15) is 17.3 Å². The van der Waals surface area contributed by atoms with E-state index >= 15 is 0 Å². The fourth-order valence-electron chi connectivity index (χ4n) is 1.44. The maximum Gasteiger partial charge on any atom is 0.345 e. The molecule has 0 bridgehead atoms. The third-order valence-corrected chi connectivity index (χ3v) is 2.37. The lowest BCUT2D eigenvalue weighted by atomic mass is 10.1. The topological polar surface area (TPSA) is 78.7 Å². The third kappa shape index (κ3) is 1.84. The monoisotopic (exact) mass is 235 g/mol. The molecule has 0 spiro atoms. The Morgan fingerprint density at radius 2 is 2.18 bits per heavy atom. The molecule has 1 aliphatic heterocycles. The van der Waals surface area contributed by atoms with Gasteiger partial charge in [-0.2, -0.15) is 0 Å². The van der Waals surface area contributed by atoms with Crippen LogP contribution in [-0.4, -0.2) is 16.7 Å². The Kier molecular flexibility index (Phi) is 2.35. The highest BCUT2D eigenvalue weighted by Crippen LogP contribution is 2.33. The van der Waals surface area contributed by atoms with E-state index in [0.717, 1.165) is 6.07 Å². The molecule has 1 aliphatic rings. The maximum atomic E-state index is 11.7. The van der Waals surface area contributed by atoms with Gasteiger partial charge in [0, 0.05) is 19.1 Å². The highest BCUT2D eigenvalue weighted by Gasteiger charge is 2.36. The lowest BCUT2D eigenvalue weighted by molar-refractivity contribution is -0.385. The SMILES string of the molecule is C=CC1(C)OC(=O)c2cc([N+](=O)[O-])ccc2O1. The van der Waals surface area contributed by atoms with Crippen LogP contribution in [0, 0.1) is 10.1 Å². The lowest BCUT2D eigenvalue weighted by Crippen LogP contribution is -2.39. The Labute approximate surface area is 96.6 Å². The molecule has 0 amide bonds. The van der Waals surface area contributed by atoms with Crippen LogP contribution >= 0.6 is 0 Å². The van der Waals surface area contributed by atoms with E-state index in [-0.39, 0.29) is 17.0 Å². The van der Waals surface area contributed by atoms with Crippen molar-refractivity contribution in [3.8, 4) is 5.75 Å². The van der Waals surface area contributed by atoms with Crippen molar-refractivity contribution in [1.82, 2.24) is 0 Å². The van der Waals surface area contributed by atoms with Crippen molar-refractivity contribution >= 4 is 11.7 Å². The second kappa shape index (κ2) is 3.58. The number of hydrogen-bond donors (Lipinski definition) is 0. The van der Waals surface area contributed by atoms with Crippen LogP contribution < -0.4 is 4.74 Å². The van der Waals surface area contributed by atoms with Crippen LogP contribution in [0.3, 0.4) is 0 Å². The molecule has 2 rings (SSSR count). The van der Waals surface area contributed by atoms with Crippen molar-refractivity contribution in [3.05, 3.63) is 46.5 Å². The Balaban J connectivity index is 2.49. The summed E-state index contributed by atoms with van der Waals surface area (Å²) in [6.45, 7) is 5.03. The van der Waals surface area contributed by atoms with Crippen LogP contribution in [0.15, 0.2) is 30.9 Å². The van der Waals surface area contributed by atoms with Crippen molar-refractivity contribution < 1.29 is 19.2 Å². The van der Waals surface area contributed by atoms with E-state index in [1.807, 2.05) is 0 Å². The first-order valence-electron chi connectivity index (χ1n) is 4.79. The average molecular weight is 235 g/mol. The van der Waals surface area contributed by atoms with Crippen molar-refractivity contribution in [2.45, 2.75) is 12.7 Å². The van der Waals surface area contributed by atoms with Gasteiger partial charge in [-0.3, -0.25) is 10.1 Å². The molecule has 6 heteroatoms. The highest BCUT2D eigenvalue weighted by atomic mass is 16.7. The molecule has 0 aliphatic carbocycles. The van der Waals surface area contributed by atoms with E-state index in [2.05, 4.69) is 6.58 Å². The van der Waals surface area contributed by atoms with Crippen LogP contribution in [-0.2, 0) is 4.74 Å². The predicted molar refractivity (Wildman–Crippen MR) is 57.7 cm³/mol. The number of non-ortho nitro benzene ring substituents is 1. The first-order chi connectivity index (χ1) is 7.95. The number of ether oxygens (including phenoxy) is 2. The van der Waals surface area contributed by atoms with Gasteiger partial charge in [-0.05, 0) is 12.1 Å². The van der Waals surface area contributed by atoms with Crippen LogP contribution in [0.5, 0.6) is 5.75 Å². The zero-order valence-corrected chi connectivity index (χ0v) is 9.00. The van der Waals surface area contributed by atoms with E-state index < -0.39 is 16.7 Å². The van der Waals surface area contributed by atoms with Gasteiger partial charge in [-0.15, -0.1) is 0 Å². The first kappa shape index (κ1) is 11.1. The molecule has 0 N–H and O–H groups in total. The summed E-state index contributed by atoms with van der Waals surface area (Å²) in [4.78, 5) is 21.6. The van der Waals surface area contributed by atoms with Crippen molar-refractivity contribution in [3.63, 3.8) is 0 Å². The number of esters is 1. The van der Waals surface area contributed by atoms with Crippen LogP contribution in [0.2, 0.25) is 0 Å². The largest absolute Gasteiger partial charge is 0.448 e. The number of nitro groups is 1. The molecule has 1 aromatic carbocycles. The maximum absolute atomic E-state index is 11.7. The lowest BCUT2D eigenvalue weighted by Gasteiger charge is -2.31. The standard InChI is InChI=1S/C11H9NO5/c1-3-11(2)16-9-5-4-7(12(14)15)6-8(9)10(13)17-11/h3-6H,1H2,2H3. The number of hydrogen-bond acceptors (Lipinski definition) is 5. The van der Waals surface area contributed by atoms with Gasteiger partial charge < -0.3 is 9.47 Å². The summed E-state index contributed by atoms with van der Waals surface area (Å²) >= 11 is 0. The fourth-order valence-corrected chi connectivity index (χ4v) is 1.44. The molecule has 0 saturated heterocycles. The quantitative estimate of drug-likeness (QED) is 0.339. The summed E-state index contributed by atoms with van der Waals surface area (Å²) in [5.41, 5.74) is -0.148. The summed E-state index contributed by atoms with van der Waals surface area (Å²) in [5.74, 6) is -1.66. The Morgan fingerprint density at radius 1 is 1.47 bits per heavy atom. The second-order valence-electron chi connectivity index (χ2n) is 3.65. The molecule has 1 atom stereocenters. The zero-order chi connectivity index (χ0) is 12.6. The Hall–Kier alpha value is -2.37. The third-order valence-electron chi connectivity index (χ3n) is 2.37. The minimum Gasteiger partial charge on any atom is -0.448 e. The molecule has 88 valence electrons. The summed E-state index contributed by atoms with van der Waals surface area (Å²) in [6.07, 6.45) is 1.34. The van der Waals surface area contributed by atoms with E-state index in [1.165, 1.54) is 25.1 Å². The first-order valence-corrected chi connectivity index (χ1v) is 4.79. The number of carbonyl (C=O) groups excluding carboxylic acids is 1. The van der Waals surface area contributed by atoms with Crippen LogP contribution in [0.4, 0.5) is 5.69 Å². The molecule has 17 heavy (non-hydrogen) atoms. The zero-order valence-electron chi connectivity index (χ0n) is 9.00. The van der Waals surface area contributed by atoms with Crippen molar-refractivity contribution in [1.29, 1.82) is 0 Å². The number of nitro benzene ring substituents is 1. The van der Waals surface area contributed by atoms with E-state index in [0.29, 0.717) is 0 Å². The number of fused-ring (bicyclic) bond motifs is 1. The van der Waals surface area contributed by atoms with Gasteiger partial charge >= 0.3 is 5.97 Å². The summed E-state index contributed by atoms with van der Waals surface area (Å²) < 4.78 is 10.4. The second-order valence-corrected chi connectivity index (χ2v) is 3.65. The molecule has 1 unspecified atom stereocenters. The average Bonchev–Trinajstić information content (AvgIpc) is 2.28. The number of rotatable bonds is 2. The molecule has 0 saturated carbocycles. The van der Waals surface area contributed by atoms with Gasteiger partial charge in [0.25, 0.3) is 11.5 Å². The predicted octanol–water partition coefficient (Wildman–Crippen LogP) is 2.05. The molecule has 6 nitrogen and oxygen atoms in total. The van der Waals surface area contributed by atoms with E-state index in [4.69, 9.17) is 9.47 Å². The smallest absolute Gasteiger partial charge is 0.345 e.